The van der Waals surface area contributed by atoms with Gasteiger partial charge in [-0.05, 0) is 12.1 Å². The molecule has 0 aromatic carbocycles. The van der Waals surface area contributed by atoms with Gasteiger partial charge in [-0.15, -0.1) is 23.4 Å². The fourth-order valence-corrected chi connectivity index (χ4v) is 3.25. The van der Waals surface area contributed by atoms with Gasteiger partial charge in [0.15, 0.2) is 0 Å². The second-order valence-electron chi connectivity index (χ2n) is 3.49. The number of carboxylic acids is 1. The van der Waals surface area contributed by atoms with Crippen molar-refractivity contribution in [3.05, 3.63) is 24.2 Å². The Morgan fingerprint density at radius 3 is 2.94 bits per heavy atom. The summed E-state index contributed by atoms with van der Waals surface area (Å²) >= 11 is 6.86. The van der Waals surface area contributed by atoms with E-state index in [1.807, 2.05) is 0 Å². The van der Waals surface area contributed by atoms with Crippen molar-refractivity contribution in [3.8, 4) is 0 Å². The lowest BCUT2D eigenvalue weighted by Gasteiger charge is -2.25. The topological polar surface area (TPSA) is 70.8 Å². The summed E-state index contributed by atoms with van der Waals surface area (Å²) in [6, 6.07) is 2.57. The highest BCUT2D eigenvalue weighted by atomic mass is 35.5. The minimum atomic E-state index is -1.02. The third-order valence-electron chi connectivity index (χ3n) is 2.47. The van der Waals surface area contributed by atoms with Gasteiger partial charge in [-0.25, -0.2) is 4.79 Å². The first-order valence-electron chi connectivity index (χ1n) is 4.90. The van der Waals surface area contributed by atoms with Crippen LogP contribution in [0, 0.1) is 0 Å². The average molecular weight is 276 g/mol. The Balaban J connectivity index is 2.28. The average Bonchev–Trinajstić information content (AvgIpc) is 2.95. The van der Waals surface area contributed by atoms with Gasteiger partial charge in [0.2, 0.25) is 5.91 Å². The maximum Gasteiger partial charge on any atom is 0.327 e. The third-order valence-corrected chi connectivity index (χ3v) is 3.99. The molecule has 5 nitrogen and oxygen atoms in total. The van der Waals surface area contributed by atoms with Crippen molar-refractivity contribution in [2.24, 2.45) is 0 Å². The van der Waals surface area contributed by atoms with E-state index in [0.29, 0.717) is 11.5 Å². The number of carboxylic acid groups (broad SMARTS) is 1. The molecular weight excluding hydrogens is 266 g/mol. The second kappa shape index (κ2) is 5.01. The van der Waals surface area contributed by atoms with Crippen LogP contribution in [0.4, 0.5) is 0 Å². The van der Waals surface area contributed by atoms with E-state index < -0.39 is 23.3 Å². The zero-order valence-electron chi connectivity index (χ0n) is 8.71. The van der Waals surface area contributed by atoms with Crippen molar-refractivity contribution in [3.63, 3.8) is 0 Å². The van der Waals surface area contributed by atoms with Gasteiger partial charge in [0.25, 0.3) is 0 Å². The molecule has 1 saturated heterocycles. The Bertz CT molecular complexity index is 422. The molecule has 2 rings (SSSR count). The highest BCUT2D eigenvalue weighted by Gasteiger charge is 2.43. The highest BCUT2D eigenvalue weighted by Crippen LogP contribution is 2.41. The van der Waals surface area contributed by atoms with E-state index in [2.05, 4.69) is 0 Å². The van der Waals surface area contributed by atoms with Gasteiger partial charge in [-0.1, -0.05) is 0 Å². The Morgan fingerprint density at radius 2 is 2.41 bits per heavy atom. The summed E-state index contributed by atoms with van der Waals surface area (Å²) in [6.45, 7) is 0. The molecule has 1 aromatic rings. The zero-order chi connectivity index (χ0) is 12.4. The molecule has 0 spiro atoms. The number of furan rings is 1. The number of alkyl halides is 1. The lowest BCUT2D eigenvalue weighted by atomic mass is 10.2. The maximum absolute atomic E-state index is 11.7. The Kier molecular flexibility index (Phi) is 3.63. The number of carbonyl (C=O) groups excluding carboxylic acids is 1. The molecule has 2 atom stereocenters. The first kappa shape index (κ1) is 12.3. The first-order valence-corrected chi connectivity index (χ1v) is 6.48. The number of nitrogens with zero attached hydrogens (tertiary/aromatic N) is 1. The SMILES string of the molecule is O=C(O)[C@@H]1CSC(c2ccco2)N1C(=O)CCl. The molecule has 0 aliphatic carbocycles. The predicted molar refractivity (Wildman–Crippen MR) is 62.9 cm³/mol. The summed E-state index contributed by atoms with van der Waals surface area (Å²) in [5.41, 5.74) is 0. The molecule has 7 heteroatoms. The Hall–Kier alpha value is -1.14. The summed E-state index contributed by atoms with van der Waals surface area (Å²) in [5, 5.41) is 8.66. The number of aliphatic carboxylic acids is 1. The normalized spacial score (nSPS) is 23.9. The molecule has 1 fully saturated rings. The molecule has 0 radical (unpaired) electrons. The van der Waals surface area contributed by atoms with Gasteiger partial charge in [-0.3, -0.25) is 4.79 Å². The molecule has 1 aromatic heterocycles. The molecule has 1 amide bonds. The fraction of sp³-hybridized carbons (Fsp3) is 0.400. The molecule has 0 bridgehead atoms. The molecule has 92 valence electrons. The van der Waals surface area contributed by atoms with Crippen molar-refractivity contribution in [2.75, 3.05) is 11.6 Å². The van der Waals surface area contributed by atoms with Crippen LogP contribution in [-0.2, 0) is 9.59 Å². The van der Waals surface area contributed by atoms with Gasteiger partial charge in [-0.2, -0.15) is 0 Å². The van der Waals surface area contributed by atoms with E-state index in [1.165, 1.54) is 22.9 Å². The van der Waals surface area contributed by atoms with Crippen molar-refractivity contribution in [2.45, 2.75) is 11.4 Å². The van der Waals surface area contributed by atoms with Crippen LogP contribution in [0.3, 0.4) is 0 Å². The third kappa shape index (κ3) is 2.28. The fourth-order valence-electron chi connectivity index (χ4n) is 1.72. The summed E-state index contributed by atoms with van der Waals surface area (Å²) in [6.07, 6.45) is 1.49. The number of carbonyl (C=O) groups is 2. The standard InChI is InChI=1S/C10H10ClNO4S/c11-4-8(13)12-6(10(14)15)5-17-9(12)7-2-1-3-16-7/h1-3,6,9H,4-5H2,(H,14,15)/t6-,9?/m0/s1. The van der Waals surface area contributed by atoms with E-state index >= 15 is 0 Å². The van der Waals surface area contributed by atoms with Crippen LogP contribution < -0.4 is 0 Å². The van der Waals surface area contributed by atoms with Crippen LogP contribution in [0.1, 0.15) is 11.1 Å². The molecule has 17 heavy (non-hydrogen) atoms. The molecule has 1 aliphatic rings. The summed E-state index contributed by atoms with van der Waals surface area (Å²) in [7, 11) is 0. The number of thioether (sulfide) groups is 1. The van der Waals surface area contributed by atoms with Crippen LogP contribution >= 0.6 is 23.4 Å². The predicted octanol–water partition coefficient (Wildman–Crippen LogP) is 1.55. The van der Waals surface area contributed by atoms with E-state index in [0.717, 1.165) is 0 Å². The van der Waals surface area contributed by atoms with Crippen molar-refractivity contribution in [1.82, 2.24) is 4.90 Å². The molecule has 1 N–H and O–H groups in total. The lowest BCUT2D eigenvalue weighted by molar-refractivity contribution is -0.148. The van der Waals surface area contributed by atoms with Gasteiger partial charge < -0.3 is 14.4 Å². The van der Waals surface area contributed by atoms with Crippen LogP contribution in [-0.4, -0.2) is 39.6 Å². The van der Waals surface area contributed by atoms with Crippen molar-refractivity contribution < 1.29 is 19.1 Å². The minimum Gasteiger partial charge on any atom is -0.480 e. The minimum absolute atomic E-state index is 0.235. The number of halogens is 1. The quantitative estimate of drug-likeness (QED) is 0.848. The van der Waals surface area contributed by atoms with E-state index in [-0.39, 0.29) is 5.88 Å². The van der Waals surface area contributed by atoms with Gasteiger partial charge in [0.05, 0.1) is 6.26 Å². The summed E-state index contributed by atoms with van der Waals surface area (Å²) in [5.74, 6) is -0.752. The number of amides is 1. The number of rotatable bonds is 3. The van der Waals surface area contributed by atoms with Crippen LogP contribution in [0.2, 0.25) is 0 Å². The Morgan fingerprint density at radius 1 is 1.65 bits per heavy atom. The van der Waals surface area contributed by atoms with E-state index in [4.69, 9.17) is 21.1 Å². The number of hydrogen-bond acceptors (Lipinski definition) is 4. The molecule has 2 heterocycles. The lowest BCUT2D eigenvalue weighted by Crippen LogP contribution is -2.43. The van der Waals surface area contributed by atoms with E-state index in [1.54, 1.807) is 12.1 Å². The smallest absolute Gasteiger partial charge is 0.327 e. The van der Waals surface area contributed by atoms with Gasteiger partial charge in [0.1, 0.15) is 23.1 Å². The maximum atomic E-state index is 11.7. The van der Waals surface area contributed by atoms with Gasteiger partial charge in [0, 0.05) is 5.75 Å². The second-order valence-corrected chi connectivity index (χ2v) is 4.87. The monoisotopic (exact) mass is 275 g/mol. The van der Waals surface area contributed by atoms with Crippen LogP contribution in [0.5, 0.6) is 0 Å². The molecule has 1 aliphatic heterocycles. The van der Waals surface area contributed by atoms with E-state index in [9.17, 15) is 9.59 Å². The molecule has 0 saturated carbocycles. The van der Waals surface area contributed by atoms with Crippen LogP contribution in [0.25, 0.3) is 0 Å². The first-order chi connectivity index (χ1) is 8.15. The van der Waals surface area contributed by atoms with Crippen molar-refractivity contribution in [1.29, 1.82) is 0 Å². The number of hydrogen-bond donors (Lipinski definition) is 1. The highest BCUT2D eigenvalue weighted by molar-refractivity contribution is 7.99. The van der Waals surface area contributed by atoms with Crippen LogP contribution in [0.15, 0.2) is 22.8 Å². The Labute approximate surface area is 107 Å². The largest absolute Gasteiger partial charge is 0.480 e. The van der Waals surface area contributed by atoms with Crippen molar-refractivity contribution >= 4 is 35.2 Å². The molecule has 1 unspecified atom stereocenters. The van der Waals surface area contributed by atoms with Gasteiger partial charge >= 0.3 is 5.97 Å². The molecular formula is C10H10ClNO4S. The summed E-state index contributed by atoms with van der Waals surface area (Å²) in [4.78, 5) is 24.1. The zero-order valence-corrected chi connectivity index (χ0v) is 10.3. The summed E-state index contributed by atoms with van der Waals surface area (Å²) < 4.78 is 5.22.